The number of nitrogens with one attached hydrogen (secondary N) is 1. The maximum Gasteiger partial charge on any atom is 0.274 e. The number of hydrogen-bond acceptors (Lipinski definition) is 4. The number of aromatic nitrogens is 1. The SMILES string of the molecule is CC(C)c1cc(C(=O)NC2c3ccccc3CC2O)no1. The van der Waals surface area contributed by atoms with E-state index >= 15 is 0 Å². The monoisotopic (exact) mass is 286 g/mol. The lowest BCUT2D eigenvalue weighted by Crippen LogP contribution is -2.34. The summed E-state index contributed by atoms with van der Waals surface area (Å²) in [5.74, 6) is 0.524. The van der Waals surface area contributed by atoms with Crippen molar-refractivity contribution in [2.75, 3.05) is 0 Å². The van der Waals surface area contributed by atoms with E-state index in [1.54, 1.807) is 6.07 Å². The van der Waals surface area contributed by atoms with Gasteiger partial charge in [0.1, 0.15) is 5.76 Å². The molecule has 0 fully saturated rings. The van der Waals surface area contributed by atoms with E-state index in [9.17, 15) is 9.90 Å². The molecule has 1 aromatic heterocycles. The van der Waals surface area contributed by atoms with Crippen LogP contribution in [0.25, 0.3) is 0 Å². The number of benzene rings is 1. The molecular weight excluding hydrogens is 268 g/mol. The topological polar surface area (TPSA) is 75.4 Å². The van der Waals surface area contributed by atoms with Crippen LogP contribution in [0.4, 0.5) is 0 Å². The zero-order chi connectivity index (χ0) is 15.0. The Balaban J connectivity index is 1.78. The van der Waals surface area contributed by atoms with Crippen LogP contribution >= 0.6 is 0 Å². The Morgan fingerprint density at radius 2 is 2.19 bits per heavy atom. The molecule has 2 aromatic rings. The Morgan fingerprint density at radius 1 is 1.43 bits per heavy atom. The summed E-state index contributed by atoms with van der Waals surface area (Å²) < 4.78 is 5.13. The first kappa shape index (κ1) is 13.8. The fourth-order valence-corrected chi connectivity index (χ4v) is 2.63. The van der Waals surface area contributed by atoms with E-state index in [1.165, 1.54) is 0 Å². The quantitative estimate of drug-likeness (QED) is 0.907. The van der Waals surface area contributed by atoms with Crippen molar-refractivity contribution in [1.82, 2.24) is 10.5 Å². The van der Waals surface area contributed by atoms with E-state index in [0.717, 1.165) is 11.1 Å². The molecule has 1 amide bonds. The maximum atomic E-state index is 12.2. The van der Waals surface area contributed by atoms with Crippen molar-refractivity contribution in [3.8, 4) is 0 Å². The van der Waals surface area contributed by atoms with Crippen LogP contribution in [0.5, 0.6) is 0 Å². The number of fused-ring (bicyclic) bond motifs is 1. The molecule has 0 radical (unpaired) electrons. The van der Waals surface area contributed by atoms with Crippen LogP contribution in [0, 0.1) is 0 Å². The standard InChI is InChI=1S/C16H18N2O3/c1-9(2)14-8-12(18-21-14)16(20)17-15-11-6-4-3-5-10(11)7-13(15)19/h3-6,8-9,13,15,19H,7H2,1-2H3,(H,17,20). The maximum absolute atomic E-state index is 12.2. The molecule has 21 heavy (non-hydrogen) atoms. The molecule has 110 valence electrons. The molecule has 1 aliphatic carbocycles. The second-order valence-electron chi connectivity index (χ2n) is 5.69. The number of nitrogens with zero attached hydrogens (tertiary/aromatic N) is 1. The third kappa shape index (κ3) is 2.56. The molecule has 1 heterocycles. The molecular formula is C16H18N2O3. The van der Waals surface area contributed by atoms with Gasteiger partial charge in [-0.3, -0.25) is 4.79 Å². The summed E-state index contributed by atoms with van der Waals surface area (Å²) in [6, 6.07) is 8.99. The number of aliphatic hydroxyl groups excluding tert-OH is 1. The average Bonchev–Trinajstić information content (AvgIpc) is 3.05. The number of hydrogen-bond donors (Lipinski definition) is 2. The second kappa shape index (κ2) is 5.33. The third-order valence-corrected chi connectivity index (χ3v) is 3.82. The minimum atomic E-state index is -0.608. The van der Waals surface area contributed by atoms with Crippen LogP contribution in [-0.2, 0) is 6.42 Å². The predicted molar refractivity (Wildman–Crippen MR) is 77.0 cm³/mol. The summed E-state index contributed by atoms with van der Waals surface area (Å²) in [6.45, 7) is 3.94. The molecule has 0 saturated carbocycles. The Hall–Kier alpha value is -2.14. The first-order chi connectivity index (χ1) is 10.1. The van der Waals surface area contributed by atoms with E-state index in [2.05, 4.69) is 10.5 Å². The van der Waals surface area contributed by atoms with Gasteiger partial charge >= 0.3 is 0 Å². The first-order valence-electron chi connectivity index (χ1n) is 7.09. The molecule has 5 nitrogen and oxygen atoms in total. The van der Waals surface area contributed by atoms with Gasteiger partial charge in [0.15, 0.2) is 5.69 Å². The molecule has 5 heteroatoms. The fraction of sp³-hybridized carbons (Fsp3) is 0.375. The van der Waals surface area contributed by atoms with Gasteiger partial charge in [-0.25, -0.2) is 0 Å². The van der Waals surface area contributed by atoms with Gasteiger partial charge in [-0.15, -0.1) is 0 Å². The Morgan fingerprint density at radius 3 is 2.90 bits per heavy atom. The van der Waals surface area contributed by atoms with E-state index in [1.807, 2.05) is 38.1 Å². The Kier molecular flexibility index (Phi) is 3.51. The van der Waals surface area contributed by atoms with Gasteiger partial charge in [0.05, 0.1) is 12.1 Å². The third-order valence-electron chi connectivity index (χ3n) is 3.82. The molecule has 0 spiro atoms. The van der Waals surface area contributed by atoms with Crippen LogP contribution < -0.4 is 5.32 Å². The van der Waals surface area contributed by atoms with Crippen molar-refractivity contribution >= 4 is 5.91 Å². The normalized spacial score (nSPS) is 20.6. The summed E-state index contributed by atoms with van der Waals surface area (Å²) in [6.07, 6.45) is -0.0557. The average molecular weight is 286 g/mol. The largest absolute Gasteiger partial charge is 0.390 e. The number of amides is 1. The van der Waals surface area contributed by atoms with Crippen molar-refractivity contribution in [3.05, 3.63) is 52.9 Å². The molecule has 2 N–H and O–H groups in total. The molecule has 2 unspecified atom stereocenters. The van der Waals surface area contributed by atoms with Crippen LogP contribution in [0.3, 0.4) is 0 Å². The summed E-state index contributed by atoms with van der Waals surface area (Å²) in [5, 5.41) is 16.8. The van der Waals surface area contributed by atoms with E-state index < -0.39 is 12.1 Å². The highest BCUT2D eigenvalue weighted by atomic mass is 16.5. The van der Waals surface area contributed by atoms with Crippen LogP contribution in [0.1, 0.15) is 53.2 Å². The van der Waals surface area contributed by atoms with Crippen LogP contribution in [-0.4, -0.2) is 22.3 Å². The van der Waals surface area contributed by atoms with Crippen molar-refractivity contribution in [2.24, 2.45) is 0 Å². The van der Waals surface area contributed by atoms with Crippen molar-refractivity contribution < 1.29 is 14.4 Å². The van der Waals surface area contributed by atoms with E-state index in [4.69, 9.17) is 4.52 Å². The fourth-order valence-electron chi connectivity index (χ4n) is 2.63. The molecule has 0 aliphatic heterocycles. The van der Waals surface area contributed by atoms with Gasteiger partial charge in [-0.05, 0) is 11.1 Å². The number of rotatable bonds is 3. The molecule has 0 bridgehead atoms. The highest BCUT2D eigenvalue weighted by Crippen LogP contribution is 2.31. The van der Waals surface area contributed by atoms with Gasteiger partial charge in [0, 0.05) is 18.4 Å². The highest BCUT2D eigenvalue weighted by molar-refractivity contribution is 5.92. The van der Waals surface area contributed by atoms with Gasteiger partial charge in [0.25, 0.3) is 5.91 Å². The van der Waals surface area contributed by atoms with Crippen LogP contribution in [0.2, 0.25) is 0 Å². The van der Waals surface area contributed by atoms with Gasteiger partial charge in [0.2, 0.25) is 0 Å². The molecule has 0 saturated heterocycles. The molecule has 3 rings (SSSR count). The van der Waals surface area contributed by atoms with Crippen LogP contribution in [0.15, 0.2) is 34.9 Å². The first-order valence-corrected chi connectivity index (χ1v) is 7.09. The summed E-state index contributed by atoms with van der Waals surface area (Å²) >= 11 is 0. The van der Waals surface area contributed by atoms with Crippen molar-refractivity contribution in [2.45, 2.75) is 38.3 Å². The van der Waals surface area contributed by atoms with Crippen molar-refractivity contribution in [1.29, 1.82) is 0 Å². The number of carbonyl (C=O) groups is 1. The van der Waals surface area contributed by atoms with Gasteiger partial charge < -0.3 is 14.9 Å². The summed E-state index contributed by atoms with van der Waals surface area (Å²) in [5.41, 5.74) is 2.28. The highest BCUT2D eigenvalue weighted by Gasteiger charge is 2.32. The molecule has 2 atom stereocenters. The van der Waals surface area contributed by atoms with Gasteiger partial charge in [-0.2, -0.15) is 0 Å². The lowest BCUT2D eigenvalue weighted by Gasteiger charge is -2.16. The minimum absolute atomic E-state index is 0.178. The molecule has 1 aliphatic rings. The zero-order valence-electron chi connectivity index (χ0n) is 12.0. The summed E-state index contributed by atoms with van der Waals surface area (Å²) in [7, 11) is 0. The Bertz CT molecular complexity index is 663. The number of carbonyl (C=O) groups excluding carboxylic acids is 1. The van der Waals surface area contributed by atoms with E-state index in [0.29, 0.717) is 12.2 Å². The smallest absolute Gasteiger partial charge is 0.274 e. The van der Waals surface area contributed by atoms with Gasteiger partial charge in [-0.1, -0.05) is 43.3 Å². The Labute approximate surface area is 123 Å². The number of aliphatic hydroxyl groups is 1. The zero-order valence-corrected chi connectivity index (χ0v) is 12.0. The minimum Gasteiger partial charge on any atom is -0.390 e. The molecule has 1 aromatic carbocycles. The second-order valence-corrected chi connectivity index (χ2v) is 5.69. The lowest BCUT2D eigenvalue weighted by atomic mass is 10.1. The lowest BCUT2D eigenvalue weighted by molar-refractivity contribution is 0.0849. The van der Waals surface area contributed by atoms with Crippen molar-refractivity contribution in [3.63, 3.8) is 0 Å². The predicted octanol–water partition coefficient (Wildman–Crippen LogP) is 2.19. The van der Waals surface area contributed by atoms with E-state index in [-0.39, 0.29) is 17.5 Å². The summed E-state index contributed by atoms with van der Waals surface area (Å²) in [4.78, 5) is 12.2.